The third-order valence-electron chi connectivity index (χ3n) is 3.56. The Bertz CT molecular complexity index is 326. The highest BCUT2D eigenvalue weighted by molar-refractivity contribution is 5.81. The summed E-state index contributed by atoms with van der Waals surface area (Å²) in [4.78, 5) is 27.1. The van der Waals surface area contributed by atoms with Crippen LogP contribution >= 0.6 is 0 Å². The third-order valence-corrected chi connectivity index (χ3v) is 3.56. The lowest BCUT2D eigenvalue weighted by molar-refractivity contribution is -0.134. The van der Waals surface area contributed by atoms with E-state index in [0.717, 1.165) is 25.8 Å². The summed E-state index contributed by atoms with van der Waals surface area (Å²) in [6.07, 6.45) is 3.10. The zero-order valence-electron chi connectivity index (χ0n) is 10.6. The average molecular weight is 239 g/mol. The smallest absolute Gasteiger partial charge is 0.239 e. The molecule has 5 nitrogen and oxygen atoms in total. The number of hydrogen-bond donors (Lipinski definition) is 1. The van der Waals surface area contributed by atoms with Gasteiger partial charge in [-0.05, 0) is 26.2 Å². The molecule has 1 aliphatic heterocycles. The highest BCUT2D eigenvalue weighted by Crippen LogP contribution is 2.31. The van der Waals surface area contributed by atoms with Crippen LogP contribution < -0.4 is 5.73 Å². The zero-order chi connectivity index (χ0) is 12.6. The lowest BCUT2D eigenvalue weighted by Gasteiger charge is -2.28. The van der Waals surface area contributed by atoms with Crippen LogP contribution in [0.25, 0.3) is 0 Å². The number of hydrogen-bond acceptors (Lipinski definition) is 3. The molecular weight excluding hydrogens is 218 g/mol. The maximum Gasteiger partial charge on any atom is 0.239 e. The summed E-state index contributed by atoms with van der Waals surface area (Å²) in [6, 6.07) is 0.172. The Hall–Kier alpha value is -1.10. The molecule has 2 aliphatic rings. The minimum absolute atomic E-state index is 0.00759. The SMILES string of the molecule is CC(=O)N(C1CC1)[C@@H]1CCN(C(=O)[C@H](C)N)C1. The number of carbonyl (C=O) groups excluding carboxylic acids is 2. The van der Waals surface area contributed by atoms with Crippen molar-refractivity contribution in [3.63, 3.8) is 0 Å². The molecule has 0 unspecified atom stereocenters. The van der Waals surface area contributed by atoms with Crippen molar-refractivity contribution in [3.05, 3.63) is 0 Å². The summed E-state index contributed by atoms with van der Waals surface area (Å²) >= 11 is 0. The maximum absolute atomic E-state index is 11.8. The normalized spacial score (nSPS) is 25.8. The van der Waals surface area contributed by atoms with E-state index in [1.54, 1.807) is 18.7 Å². The van der Waals surface area contributed by atoms with Crippen molar-refractivity contribution in [1.29, 1.82) is 0 Å². The van der Waals surface area contributed by atoms with Crippen LogP contribution in [0.3, 0.4) is 0 Å². The predicted octanol–water partition coefficient (Wildman–Crippen LogP) is -0.0546. The first kappa shape index (κ1) is 12.4. The number of nitrogens with two attached hydrogens (primary N) is 1. The average Bonchev–Trinajstić information content (AvgIpc) is 2.94. The van der Waals surface area contributed by atoms with Gasteiger partial charge in [0.2, 0.25) is 11.8 Å². The van der Waals surface area contributed by atoms with Gasteiger partial charge in [-0.1, -0.05) is 0 Å². The molecule has 17 heavy (non-hydrogen) atoms. The van der Waals surface area contributed by atoms with Crippen LogP contribution in [0.15, 0.2) is 0 Å². The molecule has 0 aromatic rings. The summed E-state index contributed by atoms with van der Waals surface area (Å²) < 4.78 is 0. The van der Waals surface area contributed by atoms with Crippen molar-refractivity contribution in [2.45, 2.75) is 51.2 Å². The highest BCUT2D eigenvalue weighted by atomic mass is 16.2. The van der Waals surface area contributed by atoms with E-state index in [1.807, 2.05) is 4.90 Å². The van der Waals surface area contributed by atoms with Crippen LogP contribution in [-0.4, -0.2) is 52.8 Å². The van der Waals surface area contributed by atoms with Crippen molar-refractivity contribution < 1.29 is 9.59 Å². The van der Waals surface area contributed by atoms with Gasteiger partial charge in [0.1, 0.15) is 0 Å². The van der Waals surface area contributed by atoms with E-state index < -0.39 is 6.04 Å². The second-order valence-corrected chi connectivity index (χ2v) is 5.17. The molecule has 1 saturated heterocycles. The second kappa shape index (κ2) is 4.64. The zero-order valence-corrected chi connectivity index (χ0v) is 10.6. The fourth-order valence-corrected chi connectivity index (χ4v) is 2.62. The van der Waals surface area contributed by atoms with E-state index in [2.05, 4.69) is 0 Å². The van der Waals surface area contributed by atoms with Gasteiger partial charge in [0.15, 0.2) is 0 Å². The summed E-state index contributed by atoms with van der Waals surface area (Å²) in [5.74, 6) is 0.124. The van der Waals surface area contributed by atoms with Gasteiger partial charge in [-0.3, -0.25) is 9.59 Å². The summed E-state index contributed by atoms with van der Waals surface area (Å²) in [6.45, 7) is 4.70. The number of amides is 2. The molecule has 1 saturated carbocycles. The quantitative estimate of drug-likeness (QED) is 0.750. The maximum atomic E-state index is 11.8. The molecule has 96 valence electrons. The third kappa shape index (κ3) is 2.60. The van der Waals surface area contributed by atoms with E-state index in [1.165, 1.54) is 0 Å². The van der Waals surface area contributed by atoms with Gasteiger partial charge < -0.3 is 15.5 Å². The van der Waals surface area contributed by atoms with Crippen molar-refractivity contribution in [3.8, 4) is 0 Å². The molecular formula is C12H21N3O2. The Balaban J connectivity index is 1.96. The molecule has 2 rings (SSSR count). The second-order valence-electron chi connectivity index (χ2n) is 5.17. The number of likely N-dealkylation sites (tertiary alicyclic amines) is 1. The summed E-state index contributed by atoms with van der Waals surface area (Å²) in [7, 11) is 0. The van der Waals surface area contributed by atoms with E-state index >= 15 is 0 Å². The largest absolute Gasteiger partial charge is 0.339 e. The molecule has 0 bridgehead atoms. The first-order valence-electron chi connectivity index (χ1n) is 6.34. The minimum Gasteiger partial charge on any atom is -0.339 e. The molecule has 1 heterocycles. The van der Waals surface area contributed by atoms with E-state index in [4.69, 9.17) is 5.73 Å². The number of rotatable bonds is 3. The van der Waals surface area contributed by atoms with Crippen molar-refractivity contribution in [1.82, 2.24) is 9.80 Å². The fraction of sp³-hybridized carbons (Fsp3) is 0.833. The van der Waals surface area contributed by atoms with Gasteiger partial charge >= 0.3 is 0 Å². The molecule has 2 atom stereocenters. The van der Waals surface area contributed by atoms with Gasteiger partial charge in [-0.2, -0.15) is 0 Å². The van der Waals surface area contributed by atoms with Crippen molar-refractivity contribution in [2.24, 2.45) is 5.73 Å². The highest BCUT2D eigenvalue weighted by Gasteiger charge is 2.39. The van der Waals surface area contributed by atoms with E-state index in [9.17, 15) is 9.59 Å². The Labute approximate surface area is 102 Å². The summed E-state index contributed by atoms with van der Waals surface area (Å²) in [5.41, 5.74) is 5.60. The lowest BCUT2D eigenvalue weighted by Crippen LogP contribution is -2.45. The topological polar surface area (TPSA) is 66.6 Å². The Kier molecular flexibility index (Phi) is 3.38. The Morgan fingerprint density at radius 1 is 1.29 bits per heavy atom. The monoisotopic (exact) mass is 239 g/mol. The van der Waals surface area contributed by atoms with Gasteiger partial charge in [-0.25, -0.2) is 0 Å². The minimum atomic E-state index is -0.444. The van der Waals surface area contributed by atoms with E-state index in [0.29, 0.717) is 12.6 Å². The molecule has 1 aliphatic carbocycles. The molecule has 2 N–H and O–H groups in total. The first-order valence-corrected chi connectivity index (χ1v) is 6.34. The van der Waals surface area contributed by atoms with E-state index in [-0.39, 0.29) is 17.9 Å². The molecule has 0 spiro atoms. The standard InChI is InChI=1S/C12H21N3O2/c1-8(13)12(17)14-6-5-11(7-14)15(9(2)16)10-3-4-10/h8,10-11H,3-7,13H2,1-2H3/t8-,11+/m0/s1. The number of carbonyl (C=O) groups is 2. The summed E-state index contributed by atoms with van der Waals surface area (Å²) in [5, 5.41) is 0. The lowest BCUT2D eigenvalue weighted by atomic mass is 10.2. The molecule has 2 fully saturated rings. The first-order chi connectivity index (χ1) is 8.00. The van der Waals surface area contributed by atoms with Crippen LogP contribution in [-0.2, 0) is 9.59 Å². The molecule has 0 aromatic heterocycles. The van der Waals surface area contributed by atoms with Crippen LogP contribution in [0.5, 0.6) is 0 Å². The number of nitrogens with zero attached hydrogens (tertiary/aromatic N) is 2. The molecule has 0 radical (unpaired) electrons. The Morgan fingerprint density at radius 3 is 2.41 bits per heavy atom. The van der Waals surface area contributed by atoms with Gasteiger partial charge in [0.25, 0.3) is 0 Å². The Morgan fingerprint density at radius 2 is 1.94 bits per heavy atom. The van der Waals surface area contributed by atoms with Crippen molar-refractivity contribution in [2.75, 3.05) is 13.1 Å². The van der Waals surface area contributed by atoms with Crippen molar-refractivity contribution >= 4 is 11.8 Å². The molecule has 2 amide bonds. The van der Waals surface area contributed by atoms with Crippen LogP contribution in [0.4, 0.5) is 0 Å². The fourth-order valence-electron chi connectivity index (χ4n) is 2.62. The predicted molar refractivity (Wildman–Crippen MR) is 64.2 cm³/mol. The van der Waals surface area contributed by atoms with Crippen LogP contribution in [0, 0.1) is 0 Å². The van der Waals surface area contributed by atoms with Crippen LogP contribution in [0.2, 0.25) is 0 Å². The van der Waals surface area contributed by atoms with Gasteiger partial charge in [0, 0.05) is 26.1 Å². The molecule has 0 aromatic carbocycles. The molecule has 5 heteroatoms. The van der Waals surface area contributed by atoms with Crippen LogP contribution in [0.1, 0.15) is 33.1 Å². The van der Waals surface area contributed by atoms with Gasteiger partial charge in [0.05, 0.1) is 12.1 Å². The van der Waals surface area contributed by atoms with Gasteiger partial charge in [-0.15, -0.1) is 0 Å².